The molecule has 4 rings (SSSR count). The van der Waals surface area contributed by atoms with E-state index in [-0.39, 0.29) is 34.3 Å². The van der Waals surface area contributed by atoms with Crippen molar-refractivity contribution in [2.24, 2.45) is 11.7 Å². The van der Waals surface area contributed by atoms with Gasteiger partial charge in [-0.25, -0.2) is 0 Å². The summed E-state index contributed by atoms with van der Waals surface area (Å²) in [7, 11) is 2.86. The molecule has 1 heterocycles. The Hall–Kier alpha value is -3.52. The molecule has 0 saturated carbocycles. The van der Waals surface area contributed by atoms with Crippen LogP contribution in [0.5, 0.6) is 17.2 Å². The predicted octanol–water partition coefficient (Wildman–Crippen LogP) is 3.30. The van der Waals surface area contributed by atoms with Gasteiger partial charge in [-0.3, -0.25) is 14.4 Å². The van der Waals surface area contributed by atoms with Gasteiger partial charge in [-0.2, -0.15) is 0 Å². The summed E-state index contributed by atoms with van der Waals surface area (Å²) in [5.41, 5.74) is 5.75. The van der Waals surface area contributed by atoms with Gasteiger partial charge in [0, 0.05) is 29.4 Å². The first-order chi connectivity index (χ1) is 15.7. The lowest BCUT2D eigenvalue weighted by atomic mass is 9.74. The monoisotopic (exact) mass is 470 g/mol. The third kappa shape index (κ3) is 3.70. The van der Waals surface area contributed by atoms with E-state index in [0.29, 0.717) is 17.8 Å². The second-order valence-corrected chi connectivity index (χ2v) is 8.45. The van der Waals surface area contributed by atoms with Crippen LogP contribution in [-0.2, 0) is 16.0 Å². The van der Waals surface area contributed by atoms with Gasteiger partial charge < -0.3 is 25.3 Å². The van der Waals surface area contributed by atoms with E-state index < -0.39 is 29.0 Å². The summed E-state index contributed by atoms with van der Waals surface area (Å²) >= 11 is 6.40. The quantitative estimate of drug-likeness (QED) is 0.622. The highest BCUT2D eigenvalue weighted by Crippen LogP contribution is 2.53. The van der Waals surface area contributed by atoms with Crippen LogP contribution >= 0.6 is 11.6 Å². The van der Waals surface area contributed by atoms with Crippen molar-refractivity contribution < 1.29 is 28.6 Å². The minimum atomic E-state index is -1.73. The summed E-state index contributed by atoms with van der Waals surface area (Å²) < 4.78 is 16.6. The van der Waals surface area contributed by atoms with E-state index in [1.807, 2.05) is 6.07 Å². The lowest BCUT2D eigenvalue weighted by Gasteiger charge is -2.35. The molecule has 0 saturated heterocycles. The van der Waals surface area contributed by atoms with E-state index in [4.69, 9.17) is 31.5 Å². The smallest absolute Gasteiger partial charge is 0.236 e. The fourth-order valence-electron chi connectivity index (χ4n) is 4.36. The molecule has 1 aliphatic heterocycles. The van der Waals surface area contributed by atoms with Gasteiger partial charge in [0.15, 0.2) is 5.75 Å². The molecule has 0 bridgehead atoms. The second kappa shape index (κ2) is 8.44. The van der Waals surface area contributed by atoms with Crippen molar-refractivity contribution in [3.63, 3.8) is 0 Å². The van der Waals surface area contributed by atoms with Gasteiger partial charge in [0.1, 0.15) is 22.1 Å². The van der Waals surface area contributed by atoms with E-state index in [1.165, 1.54) is 26.4 Å². The number of hydrogen-bond acceptors (Lipinski definition) is 7. The van der Waals surface area contributed by atoms with Crippen molar-refractivity contribution in [1.82, 2.24) is 0 Å². The van der Waals surface area contributed by atoms with Crippen molar-refractivity contribution in [2.75, 3.05) is 19.5 Å². The SMILES string of the molecule is COc1cc(OC)c2c(c1Cl)OC1(C(=O)C=C(Nc3cccc(CC(N)=O)c3)CC1C)C2=O. The molecule has 2 aliphatic rings. The number of hydrogen-bond donors (Lipinski definition) is 2. The van der Waals surface area contributed by atoms with E-state index in [0.717, 1.165) is 5.56 Å². The molecule has 1 aliphatic carbocycles. The molecule has 9 heteroatoms. The Morgan fingerprint density at radius 1 is 1.24 bits per heavy atom. The van der Waals surface area contributed by atoms with Gasteiger partial charge in [-0.15, -0.1) is 0 Å². The first-order valence-electron chi connectivity index (χ1n) is 10.3. The summed E-state index contributed by atoms with van der Waals surface area (Å²) in [6.07, 6.45) is 1.85. The highest BCUT2D eigenvalue weighted by Gasteiger charge is 2.60. The number of nitrogens with two attached hydrogens (primary N) is 1. The molecule has 0 fully saturated rings. The number of fused-ring (bicyclic) bond motifs is 1. The van der Waals surface area contributed by atoms with E-state index in [9.17, 15) is 14.4 Å². The third-order valence-electron chi connectivity index (χ3n) is 5.92. The third-order valence-corrected chi connectivity index (χ3v) is 6.28. The van der Waals surface area contributed by atoms with Gasteiger partial charge in [0.25, 0.3) is 0 Å². The van der Waals surface area contributed by atoms with Crippen LogP contribution in [0.15, 0.2) is 42.1 Å². The van der Waals surface area contributed by atoms with Crippen LogP contribution in [0.3, 0.4) is 0 Å². The predicted molar refractivity (Wildman–Crippen MR) is 122 cm³/mol. The molecule has 2 aromatic carbocycles. The number of anilines is 1. The van der Waals surface area contributed by atoms with Crippen LogP contribution in [0.1, 0.15) is 29.3 Å². The number of carbonyl (C=O) groups excluding carboxylic acids is 3. The zero-order valence-electron chi connectivity index (χ0n) is 18.4. The molecular formula is C24H23ClN2O6. The number of amides is 1. The molecule has 172 valence electrons. The lowest BCUT2D eigenvalue weighted by molar-refractivity contribution is -0.129. The molecule has 33 heavy (non-hydrogen) atoms. The Bertz CT molecular complexity index is 1210. The summed E-state index contributed by atoms with van der Waals surface area (Å²) in [5.74, 6) is -1.32. The minimum absolute atomic E-state index is 0.0852. The zero-order valence-corrected chi connectivity index (χ0v) is 19.1. The summed E-state index contributed by atoms with van der Waals surface area (Å²) in [6.45, 7) is 1.78. The lowest BCUT2D eigenvalue weighted by Crippen LogP contribution is -2.55. The number of nitrogens with one attached hydrogen (secondary N) is 1. The van der Waals surface area contributed by atoms with Crippen molar-refractivity contribution >= 4 is 34.8 Å². The Morgan fingerprint density at radius 2 is 1.97 bits per heavy atom. The van der Waals surface area contributed by atoms with Crippen LogP contribution in [0.2, 0.25) is 5.02 Å². The number of halogens is 1. The zero-order chi connectivity index (χ0) is 23.9. The Kier molecular flexibility index (Phi) is 5.80. The Morgan fingerprint density at radius 3 is 2.61 bits per heavy atom. The number of rotatable bonds is 6. The van der Waals surface area contributed by atoms with Crippen molar-refractivity contribution in [1.29, 1.82) is 0 Å². The fourth-order valence-corrected chi connectivity index (χ4v) is 4.63. The van der Waals surface area contributed by atoms with E-state index in [1.54, 1.807) is 25.1 Å². The normalized spacial score (nSPS) is 21.3. The van der Waals surface area contributed by atoms with E-state index in [2.05, 4.69) is 5.32 Å². The number of allylic oxidation sites excluding steroid dienone is 1. The second-order valence-electron chi connectivity index (χ2n) is 8.07. The number of carbonyl (C=O) groups is 3. The number of ether oxygens (including phenoxy) is 3. The average molecular weight is 471 g/mol. The molecule has 1 amide bonds. The van der Waals surface area contributed by atoms with Crippen LogP contribution in [0, 0.1) is 5.92 Å². The van der Waals surface area contributed by atoms with Crippen LogP contribution in [-0.4, -0.2) is 37.3 Å². The highest BCUT2D eigenvalue weighted by atomic mass is 35.5. The molecule has 0 aromatic heterocycles. The molecule has 3 N–H and O–H groups in total. The molecule has 1 spiro atoms. The van der Waals surface area contributed by atoms with Crippen LogP contribution in [0.25, 0.3) is 0 Å². The van der Waals surface area contributed by atoms with Gasteiger partial charge >= 0.3 is 0 Å². The van der Waals surface area contributed by atoms with E-state index >= 15 is 0 Å². The summed E-state index contributed by atoms with van der Waals surface area (Å²) in [5, 5.41) is 3.31. The summed E-state index contributed by atoms with van der Waals surface area (Å²) in [6, 6.07) is 8.69. The van der Waals surface area contributed by atoms with Gasteiger partial charge in [0.2, 0.25) is 23.1 Å². The summed E-state index contributed by atoms with van der Waals surface area (Å²) in [4.78, 5) is 38.1. The Balaban J connectivity index is 1.67. The standard InChI is InChI=1S/C24H23ClN2O6/c1-12-7-15(27-14-6-4-5-13(8-14)9-19(26)29)10-18(28)24(12)23(30)20-16(31-2)11-17(32-3)21(25)22(20)33-24/h4-6,8,10-12,27H,7,9H2,1-3H3,(H2,26,29). The first kappa shape index (κ1) is 22.7. The van der Waals surface area contributed by atoms with Crippen molar-refractivity contribution in [3.05, 3.63) is 58.3 Å². The number of Topliss-reactive ketones (excluding diaryl/α,β-unsaturated/α-hetero) is 1. The molecule has 0 radical (unpaired) electrons. The van der Waals surface area contributed by atoms with Crippen molar-refractivity contribution in [2.45, 2.75) is 25.4 Å². The molecule has 2 atom stereocenters. The minimum Gasteiger partial charge on any atom is -0.496 e. The largest absolute Gasteiger partial charge is 0.496 e. The number of benzene rings is 2. The Labute approximate surface area is 195 Å². The molecule has 8 nitrogen and oxygen atoms in total. The topological polar surface area (TPSA) is 117 Å². The highest BCUT2D eigenvalue weighted by molar-refractivity contribution is 6.36. The molecule has 2 unspecified atom stereocenters. The molecule has 2 aromatic rings. The van der Waals surface area contributed by atoms with Gasteiger partial charge in [-0.05, 0) is 24.1 Å². The maximum absolute atomic E-state index is 13.5. The number of methoxy groups -OCH3 is 2. The first-order valence-corrected chi connectivity index (χ1v) is 10.7. The van der Waals surface area contributed by atoms with Gasteiger partial charge in [-0.1, -0.05) is 30.7 Å². The maximum Gasteiger partial charge on any atom is 0.236 e. The maximum atomic E-state index is 13.5. The molecular weight excluding hydrogens is 448 g/mol. The fraction of sp³-hybridized carbons (Fsp3) is 0.292. The number of primary amides is 1. The van der Waals surface area contributed by atoms with Gasteiger partial charge in [0.05, 0.1) is 20.6 Å². The average Bonchev–Trinajstić information content (AvgIpc) is 3.07. The van der Waals surface area contributed by atoms with Crippen LogP contribution in [0.4, 0.5) is 5.69 Å². The number of ketones is 2. The van der Waals surface area contributed by atoms with Crippen molar-refractivity contribution in [3.8, 4) is 17.2 Å². The van der Waals surface area contributed by atoms with Crippen LogP contribution < -0.4 is 25.3 Å².